The summed E-state index contributed by atoms with van der Waals surface area (Å²) in [6, 6.07) is 2.89. The van der Waals surface area contributed by atoms with Crippen molar-refractivity contribution >= 4 is 10.3 Å². The highest BCUT2D eigenvalue weighted by Gasteiger charge is 2.10. The molecule has 7 heteroatoms. The van der Waals surface area contributed by atoms with Crippen molar-refractivity contribution in [3.8, 4) is 11.6 Å². The monoisotopic (exact) mass is 204 g/mol. The topological polar surface area (TPSA) is 91.5 Å². The largest absolute Gasteiger partial charge is 0.478 e. The lowest BCUT2D eigenvalue weighted by atomic mass is 10.4. The molecule has 1 aromatic rings. The van der Waals surface area contributed by atoms with Crippen LogP contribution in [0.25, 0.3) is 0 Å². The van der Waals surface area contributed by atoms with E-state index in [2.05, 4.69) is 14.3 Å². The van der Waals surface area contributed by atoms with Crippen LogP contribution in [0.3, 0.4) is 0 Å². The SMILES string of the molecule is COc1ncccc1OS(N)(=O)=O. The minimum atomic E-state index is -4.03. The Bertz CT molecular complexity index is 389. The summed E-state index contributed by atoms with van der Waals surface area (Å²) in [5.41, 5.74) is 0. The van der Waals surface area contributed by atoms with Gasteiger partial charge in [0, 0.05) is 6.20 Å². The van der Waals surface area contributed by atoms with Crippen molar-refractivity contribution < 1.29 is 17.3 Å². The van der Waals surface area contributed by atoms with Crippen LogP contribution in [0.15, 0.2) is 18.3 Å². The average molecular weight is 204 g/mol. The van der Waals surface area contributed by atoms with E-state index in [1.807, 2.05) is 0 Å². The molecule has 0 aliphatic rings. The van der Waals surface area contributed by atoms with Gasteiger partial charge in [0.15, 0.2) is 0 Å². The fourth-order valence-corrected chi connectivity index (χ4v) is 1.10. The van der Waals surface area contributed by atoms with Gasteiger partial charge < -0.3 is 8.92 Å². The molecule has 0 aromatic carbocycles. The standard InChI is InChI=1S/C6H8N2O4S/c1-11-6-5(3-2-4-8-6)12-13(7,9)10/h2-4H,1H3,(H2,7,9,10). The second-order valence-corrected chi connectivity index (χ2v) is 3.24. The fourth-order valence-electron chi connectivity index (χ4n) is 0.718. The first-order chi connectivity index (χ1) is 6.03. The van der Waals surface area contributed by atoms with Crippen molar-refractivity contribution in [3.63, 3.8) is 0 Å². The molecule has 0 spiro atoms. The summed E-state index contributed by atoms with van der Waals surface area (Å²) in [6.07, 6.45) is 1.44. The quantitative estimate of drug-likeness (QED) is 0.728. The number of aromatic nitrogens is 1. The molecule has 1 heterocycles. The highest BCUT2D eigenvalue weighted by molar-refractivity contribution is 7.84. The molecule has 0 unspecified atom stereocenters. The van der Waals surface area contributed by atoms with Gasteiger partial charge in [0.1, 0.15) is 0 Å². The van der Waals surface area contributed by atoms with Crippen molar-refractivity contribution in [2.75, 3.05) is 7.11 Å². The minimum absolute atomic E-state index is 0.0347. The fraction of sp³-hybridized carbons (Fsp3) is 0.167. The zero-order valence-corrected chi connectivity index (χ0v) is 7.61. The van der Waals surface area contributed by atoms with E-state index in [1.54, 1.807) is 0 Å². The molecule has 0 bridgehead atoms. The highest BCUT2D eigenvalue weighted by Crippen LogP contribution is 2.23. The van der Waals surface area contributed by atoms with Gasteiger partial charge >= 0.3 is 10.3 Å². The molecule has 1 rings (SSSR count). The van der Waals surface area contributed by atoms with Crippen LogP contribution in [0.5, 0.6) is 11.6 Å². The Balaban J connectivity index is 3.01. The van der Waals surface area contributed by atoms with Crippen LogP contribution in [0.2, 0.25) is 0 Å². The molecule has 0 aliphatic heterocycles. The molecule has 0 saturated heterocycles. The maximum atomic E-state index is 10.5. The third-order valence-corrected chi connectivity index (χ3v) is 1.55. The van der Waals surface area contributed by atoms with Crippen molar-refractivity contribution in [1.29, 1.82) is 0 Å². The molecule has 0 saturated carbocycles. The van der Waals surface area contributed by atoms with Gasteiger partial charge in [-0.2, -0.15) is 13.6 Å². The lowest BCUT2D eigenvalue weighted by Crippen LogP contribution is -2.19. The zero-order valence-electron chi connectivity index (χ0n) is 6.80. The molecule has 1 aromatic heterocycles. The maximum absolute atomic E-state index is 10.5. The Hall–Kier alpha value is -1.34. The minimum Gasteiger partial charge on any atom is -0.478 e. The number of rotatable bonds is 3. The number of hydrogen-bond donors (Lipinski definition) is 1. The lowest BCUT2D eigenvalue weighted by molar-refractivity contribution is 0.375. The van der Waals surface area contributed by atoms with Gasteiger partial charge in [-0.05, 0) is 12.1 Å². The van der Waals surface area contributed by atoms with Crippen LogP contribution in [-0.2, 0) is 10.3 Å². The van der Waals surface area contributed by atoms with Gasteiger partial charge in [-0.3, -0.25) is 0 Å². The Labute approximate surface area is 75.6 Å². The highest BCUT2D eigenvalue weighted by atomic mass is 32.2. The molecule has 0 fully saturated rings. The van der Waals surface area contributed by atoms with Gasteiger partial charge in [0.2, 0.25) is 5.75 Å². The molecule has 0 amide bonds. The molecule has 6 nitrogen and oxygen atoms in total. The van der Waals surface area contributed by atoms with E-state index in [1.165, 1.54) is 25.4 Å². The second-order valence-electron chi connectivity index (χ2n) is 2.09. The van der Waals surface area contributed by atoms with Crippen LogP contribution in [-0.4, -0.2) is 20.5 Å². The first-order valence-corrected chi connectivity index (χ1v) is 4.71. The zero-order chi connectivity index (χ0) is 9.90. The summed E-state index contributed by atoms with van der Waals surface area (Å²) < 4.78 is 30.2. The van der Waals surface area contributed by atoms with E-state index in [9.17, 15) is 8.42 Å². The number of nitrogens with zero attached hydrogens (tertiary/aromatic N) is 1. The molecular formula is C6H8N2O4S. The number of pyridine rings is 1. The van der Waals surface area contributed by atoms with E-state index in [-0.39, 0.29) is 11.6 Å². The number of nitrogens with two attached hydrogens (primary N) is 1. The molecule has 2 N–H and O–H groups in total. The Morgan fingerprint density at radius 1 is 1.54 bits per heavy atom. The lowest BCUT2D eigenvalue weighted by Gasteiger charge is -2.05. The Morgan fingerprint density at radius 3 is 2.77 bits per heavy atom. The molecule has 0 radical (unpaired) electrons. The summed E-state index contributed by atoms with van der Waals surface area (Å²) in [4.78, 5) is 3.71. The van der Waals surface area contributed by atoms with Crippen molar-refractivity contribution in [1.82, 2.24) is 4.98 Å². The van der Waals surface area contributed by atoms with Crippen LogP contribution in [0.4, 0.5) is 0 Å². The summed E-state index contributed by atoms with van der Waals surface area (Å²) >= 11 is 0. The van der Waals surface area contributed by atoms with E-state index in [0.717, 1.165) is 0 Å². The van der Waals surface area contributed by atoms with Crippen molar-refractivity contribution in [3.05, 3.63) is 18.3 Å². The summed E-state index contributed by atoms with van der Waals surface area (Å²) in [7, 11) is -2.68. The van der Waals surface area contributed by atoms with Gasteiger partial charge in [0.25, 0.3) is 5.88 Å². The third-order valence-electron chi connectivity index (χ3n) is 1.14. The van der Waals surface area contributed by atoms with Crippen LogP contribution in [0.1, 0.15) is 0 Å². The number of methoxy groups -OCH3 is 1. The summed E-state index contributed by atoms with van der Waals surface area (Å²) in [5.74, 6) is 0.0315. The number of hydrogen-bond acceptors (Lipinski definition) is 5. The predicted molar refractivity (Wildman–Crippen MR) is 44.5 cm³/mol. The molecule has 0 aliphatic carbocycles. The van der Waals surface area contributed by atoms with E-state index in [0.29, 0.717) is 0 Å². The van der Waals surface area contributed by atoms with Gasteiger partial charge in [-0.25, -0.2) is 4.98 Å². The Morgan fingerprint density at radius 2 is 2.23 bits per heavy atom. The van der Waals surface area contributed by atoms with Crippen molar-refractivity contribution in [2.24, 2.45) is 5.14 Å². The van der Waals surface area contributed by atoms with Crippen molar-refractivity contribution in [2.45, 2.75) is 0 Å². The van der Waals surface area contributed by atoms with Gasteiger partial charge in [-0.15, -0.1) is 0 Å². The van der Waals surface area contributed by atoms with Crippen LogP contribution >= 0.6 is 0 Å². The first-order valence-electron chi connectivity index (χ1n) is 3.24. The second kappa shape index (κ2) is 3.58. The van der Waals surface area contributed by atoms with E-state index in [4.69, 9.17) is 4.74 Å². The van der Waals surface area contributed by atoms with Gasteiger partial charge in [0.05, 0.1) is 7.11 Å². The normalized spacial score (nSPS) is 10.9. The average Bonchev–Trinajstić information content (AvgIpc) is 2.02. The maximum Gasteiger partial charge on any atom is 0.380 e. The first kappa shape index (κ1) is 9.75. The third kappa shape index (κ3) is 2.88. The molecule has 13 heavy (non-hydrogen) atoms. The predicted octanol–water partition coefficient (Wildman–Crippen LogP) is -0.328. The molecule has 72 valence electrons. The summed E-state index contributed by atoms with van der Waals surface area (Å²) in [6.45, 7) is 0. The smallest absolute Gasteiger partial charge is 0.380 e. The van der Waals surface area contributed by atoms with Crippen LogP contribution < -0.4 is 14.1 Å². The van der Waals surface area contributed by atoms with E-state index >= 15 is 0 Å². The van der Waals surface area contributed by atoms with Crippen LogP contribution in [0, 0.1) is 0 Å². The van der Waals surface area contributed by atoms with E-state index < -0.39 is 10.3 Å². The molecular weight excluding hydrogens is 196 g/mol. The number of ether oxygens (including phenoxy) is 1. The van der Waals surface area contributed by atoms with Gasteiger partial charge in [-0.1, -0.05) is 0 Å². The summed E-state index contributed by atoms with van der Waals surface area (Å²) in [5, 5.41) is 4.66. The Kier molecular flexibility index (Phi) is 2.69. The molecule has 0 atom stereocenters.